The fraction of sp³-hybridized carbons (Fsp3) is 0.0435. The lowest BCUT2D eigenvalue weighted by atomic mass is 10.2. The number of carbonyl (C=O) groups excluding carboxylic acids is 3. The molecule has 2 amide bonds. The summed E-state index contributed by atoms with van der Waals surface area (Å²) in [5.41, 5.74) is 3.63. The molecular weight excluding hydrogens is 542 g/mol. The van der Waals surface area contributed by atoms with Gasteiger partial charge in [-0.3, -0.25) is 9.59 Å². The highest BCUT2D eigenvalue weighted by molar-refractivity contribution is 9.10. The number of rotatable bonds is 7. The summed E-state index contributed by atoms with van der Waals surface area (Å²) in [5.74, 6) is -1.14. The summed E-state index contributed by atoms with van der Waals surface area (Å²) in [6, 6.07) is 20.5. The van der Waals surface area contributed by atoms with Gasteiger partial charge in [0.1, 0.15) is 5.75 Å². The van der Waals surface area contributed by atoms with Crippen molar-refractivity contribution < 1.29 is 19.1 Å². The molecule has 162 valence electrons. The fourth-order valence-corrected chi connectivity index (χ4v) is 3.40. The first-order chi connectivity index (χ1) is 15.4. The molecule has 0 saturated carbocycles. The zero-order valence-electron chi connectivity index (χ0n) is 16.5. The Kier molecular flexibility index (Phi) is 8.29. The van der Waals surface area contributed by atoms with Crippen LogP contribution in [-0.4, -0.2) is 30.5 Å². The summed E-state index contributed by atoms with van der Waals surface area (Å²) in [7, 11) is 0. The second-order valence-corrected chi connectivity index (χ2v) is 8.16. The van der Waals surface area contributed by atoms with Crippen LogP contribution in [0.15, 0.2) is 86.8 Å². The summed E-state index contributed by atoms with van der Waals surface area (Å²) >= 11 is 6.65. The van der Waals surface area contributed by atoms with Crippen LogP contribution < -0.4 is 15.5 Å². The zero-order valence-corrected chi connectivity index (χ0v) is 19.7. The Morgan fingerprint density at radius 2 is 1.66 bits per heavy atom. The normalized spacial score (nSPS) is 10.6. The van der Waals surface area contributed by atoms with E-state index in [2.05, 4.69) is 47.7 Å². The second kappa shape index (κ2) is 11.4. The maximum atomic E-state index is 12.3. The third-order valence-corrected chi connectivity index (χ3v) is 5.29. The molecule has 0 heterocycles. The largest absolute Gasteiger partial charge is 0.422 e. The van der Waals surface area contributed by atoms with Crippen molar-refractivity contribution >= 4 is 55.9 Å². The highest BCUT2D eigenvalue weighted by Crippen LogP contribution is 2.23. The molecule has 9 heteroatoms. The monoisotopic (exact) mass is 557 g/mol. The van der Waals surface area contributed by atoms with Crippen molar-refractivity contribution in [1.29, 1.82) is 0 Å². The van der Waals surface area contributed by atoms with Crippen LogP contribution in [0.25, 0.3) is 0 Å². The van der Waals surface area contributed by atoms with Crippen LogP contribution in [0.3, 0.4) is 0 Å². The number of benzene rings is 3. The number of nitrogens with one attached hydrogen (secondary N) is 2. The topological polar surface area (TPSA) is 96.9 Å². The third kappa shape index (κ3) is 6.60. The number of halogens is 2. The van der Waals surface area contributed by atoms with E-state index in [-0.39, 0.29) is 12.3 Å². The maximum Gasteiger partial charge on any atom is 0.343 e. The number of nitrogens with zero attached hydrogens (tertiary/aromatic N) is 1. The van der Waals surface area contributed by atoms with Gasteiger partial charge in [0.15, 0.2) is 0 Å². The summed E-state index contributed by atoms with van der Waals surface area (Å²) in [4.78, 5) is 36.5. The van der Waals surface area contributed by atoms with E-state index in [1.165, 1.54) is 6.21 Å². The summed E-state index contributed by atoms with van der Waals surface area (Å²) in [5, 5.41) is 6.42. The number of hydrogen-bond donors (Lipinski definition) is 2. The quantitative estimate of drug-likeness (QED) is 0.195. The Labute approximate surface area is 201 Å². The molecule has 7 nitrogen and oxygen atoms in total. The predicted octanol–water partition coefficient (Wildman–Crippen LogP) is 4.31. The smallest absolute Gasteiger partial charge is 0.343 e. The molecule has 3 rings (SSSR count). The molecule has 0 aromatic heterocycles. The van der Waals surface area contributed by atoms with Gasteiger partial charge in [0.05, 0.1) is 23.9 Å². The Bertz CT molecular complexity index is 1170. The molecule has 32 heavy (non-hydrogen) atoms. The van der Waals surface area contributed by atoms with E-state index >= 15 is 0 Å². The molecule has 3 aromatic carbocycles. The van der Waals surface area contributed by atoms with E-state index in [1.54, 1.807) is 72.8 Å². The van der Waals surface area contributed by atoms with Crippen molar-refractivity contribution in [1.82, 2.24) is 10.7 Å². The van der Waals surface area contributed by atoms with Crippen molar-refractivity contribution in [3.8, 4) is 5.75 Å². The van der Waals surface area contributed by atoms with Crippen LogP contribution >= 0.6 is 31.9 Å². The molecule has 0 saturated heterocycles. The summed E-state index contributed by atoms with van der Waals surface area (Å²) in [6.07, 6.45) is 1.35. The Hall–Kier alpha value is -3.30. The van der Waals surface area contributed by atoms with Gasteiger partial charge in [-0.15, -0.1) is 0 Å². The molecule has 0 bridgehead atoms. The number of amides is 2. The fourth-order valence-electron chi connectivity index (χ4n) is 2.56. The van der Waals surface area contributed by atoms with Crippen LogP contribution in [0.4, 0.5) is 0 Å². The van der Waals surface area contributed by atoms with Gasteiger partial charge in [-0.1, -0.05) is 46.3 Å². The highest BCUT2D eigenvalue weighted by Gasteiger charge is 2.12. The Balaban J connectivity index is 1.59. The SMILES string of the molecule is O=C(CNC(=O)c1ccccc1Br)N/N=C/c1cc(Br)ccc1OC(=O)c1ccccc1. The van der Waals surface area contributed by atoms with Gasteiger partial charge >= 0.3 is 5.97 Å². The van der Waals surface area contributed by atoms with Crippen molar-refractivity contribution in [3.05, 3.63) is 98.4 Å². The van der Waals surface area contributed by atoms with Gasteiger partial charge in [-0.2, -0.15) is 5.10 Å². The van der Waals surface area contributed by atoms with E-state index in [0.717, 1.165) is 4.47 Å². The maximum absolute atomic E-state index is 12.3. The lowest BCUT2D eigenvalue weighted by Crippen LogP contribution is -2.35. The van der Waals surface area contributed by atoms with Crippen molar-refractivity contribution in [2.75, 3.05) is 6.54 Å². The molecule has 0 radical (unpaired) electrons. The minimum Gasteiger partial charge on any atom is -0.422 e. The molecule has 0 aliphatic heterocycles. The van der Waals surface area contributed by atoms with Gasteiger partial charge in [0.2, 0.25) is 0 Å². The first-order valence-corrected chi connectivity index (χ1v) is 10.9. The molecule has 0 spiro atoms. The minimum atomic E-state index is -0.514. The van der Waals surface area contributed by atoms with E-state index in [0.29, 0.717) is 21.2 Å². The van der Waals surface area contributed by atoms with Gasteiger partial charge < -0.3 is 10.1 Å². The number of hydrazone groups is 1. The molecule has 0 aliphatic rings. The van der Waals surface area contributed by atoms with Gasteiger partial charge in [0, 0.05) is 14.5 Å². The molecule has 0 aliphatic carbocycles. The zero-order chi connectivity index (χ0) is 22.9. The lowest BCUT2D eigenvalue weighted by Gasteiger charge is -2.08. The molecule has 2 N–H and O–H groups in total. The lowest BCUT2D eigenvalue weighted by molar-refractivity contribution is -0.120. The van der Waals surface area contributed by atoms with Crippen molar-refractivity contribution in [2.45, 2.75) is 0 Å². The highest BCUT2D eigenvalue weighted by atomic mass is 79.9. The predicted molar refractivity (Wildman–Crippen MR) is 128 cm³/mol. The average Bonchev–Trinajstić information content (AvgIpc) is 2.80. The van der Waals surface area contributed by atoms with E-state index in [4.69, 9.17) is 4.74 Å². The van der Waals surface area contributed by atoms with Gasteiger partial charge in [0.25, 0.3) is 11.8 Å². The minimum absolute atomic E-state index is 0.258. The molecule has 3 aromatic rings. The van der Waals surface area contributed by atoms with Gasteiger partial charge in [-0.05, 0) is 58.4 Å². The molecular formula is C23H17Br2N3O4. The third-order valence-electron chi connectivity index (χ3n) is 4.10. The van der Waals surface area contributed by atoms with Crippen LogP contribution in [0.5, 0.6) is 5.75 Å². The standard InChI is InChI=1S/C23H17Br2N3O4/c24-17-10-11-20(32-23(31)15-6-2-1-3-7-15)16(12-17)13-27-28-21(29)14-26-22(30)18-8-4-5-9-19(18)25/h1-13H,14H2,(H,26,30)(H,28,29)/b27-13+. The second-order valence-electron chi connectivity index (χ2n) is 6.39. The van der Waals surface area contributed by atoms with Crippen LogP contribution in [0, 0.1) is 0 Å². The average molecular weight is 559 g/mol. The number of carbonyl (C=O) groups is 3. The van der Waals surface area contributed by atoms with E-state index in [9.17, 15) is 14.4 Å². The molecule has 0 unspecified atom stereocenters. The Morgan fingerprint density at radius 1 is 0.938 bits per heavy atom. The van der Waals surface area contributed by atoms with Crippen LogP contribution in [0.2, 0.25) is 0 Å². The molecule has 0 fully saturated rings. The van der Waals surface area contributed by atoms with Crippen LogP contribution in [-0.2, 0) is 4.79 Å². The first kappa shape index (κ1) is 23.4. The van der Waals surface area contributed by atoms with Gasteiger partial charge in [-0.25, -0.2) is 10.2 Å². The summed E-state index contributed by atoms with van der Waals surface area (Å²) in [6.45, 7) is -0.258. The first-order valence-electron chi connectivity index (χ1n) is 9.35. The Morgan fingerprint density at radius 3 is 2.41 bits per heavy atom. The van der Waals surface area contributed by atoms with Crippen molar-refractivity contribution in [2.24, 2.45) is 5.10 Å². The number of ether oxygens (including phenoxy) is 1. The van der Waals surface area contributed by atoms with E-state index < -0.39 is 17.8 Å². The molecule has 0 atom stereocenters. The van der Waals surface area contributed by atoms with Crippen molar-refractivity contribution in [3.63, 3.8) is 0 Å². The van der Waals surface area contributed by atoms with Crippen LogP contribution in [0.1, 0.15) is 26.3 Å². The summed E-state index contributed by atoms with van der Waals surface area (Å²) < 4.78 is 6.83. The van der Waals surface area contributed by atoms with E-state index in [1.807, 2.05) is 0 Å². The number of hydrogen-bond acceptors (Lipinski definition) is 5. The number of esters is 1.